The van der Waals surface area contributed by atoms with E-state index in [2.05, 4.69) is 26.1 Å². The summed E-state index contributed by atoms with van der Waals surface area (Å²) in [6, 6.07) is 8.04. The molecule has 13 heteroatoms. The van der Waals surface area contributed by atoms with Crippen molar-refractivity contribution in [3.8, 4) is 6.07 Å². The largest absolute Gasteiger partial charge is 0.482 e. The number of benzene rings is 1. The zero-order valence-electron chi connectivity index (χ0n) is 28.4. The number of hydrogen-bond donors (Lipinski definition) is 1. The number of piperidine rings is 1. The fraction of sp³-hybridized carbons (Fsp3) is 0.686. The summed E-state index contributed by atoms with van der Waals surface area (Å²) in [6.07, 6.45) is 3.14. The summed E-state index contributed by atoms with van der Waals surface area (Å²) < 4.78 is 60.4. The number of ether oxygens (including phenoxy) is 1. The molecular formula is C35H46BF3N4O5. The van der Waals surface area contributed by atoms with Crippen LogP contribution in [0.15, 0.2) is 35.9 Å². The van der Waals surface area contributed by atoms with Crippen molar-refractivity contribution in [2.75, 3.05) is 26.2 Å². The van der Waals surface area contributed by atoms with Gasteiger partial charge >= 0.3 is 13.2 Å². The van der Waals surface area contributed by atoms with E-state index in [1.807, 2.05) is 6.07 Å². The fourth-order valence-corrected chi connectivity index (χ4v) is 8.70. The van der Waals surface area contributed by atoms with E-state index < -0.39 is 54.8 Å². The van der Waals surface area contributed by atoms with Crippen LogP contribution in [0.5, 0.6) is 0 Å². The molecule has 260 valence electrons. The molecular weight excluding hydrogens is 624 g/mol. The second kappa shape index (κ2) is 12.7. The van der Waals surface area contributed by atoms with Gasteiger partial charge in [-0.25, -0.2) is 18.0 Å². The Kier molecular flexibility index (Phi) is 9.18. The van der Waals surface area contributed by atoms with E-state index in [1.54, 1.807) is 30.9 Å². The number of likely N-dealkylation sites (tertiary alicyclic amines) is 2. The number of halogens is 3. The Hall–Kier alpha value is -3.08. The smallest absolute Gasteiger partial charge is 0.444 e. The fourth-order valence-electron chi connectivity index (χ4n) is 8.70. The van der Waals surface area contributed by atoms with E-state index in [0.717, 1.165) is 18.4 Å². The minimum absolute atomic E-state index is 0.0881. The third-order valence-electron chi connectivity index (χ3n) is 11.7. The number of amides is 2. The van der Waals surface area contributed by atoms with Gasteiger partial charge in [0.1, 0.15) is 23.6 Å². The van der Waals surface area contributed by atoms with Crippen molar-refractivity contribution in [3.05, 3.63) is 47.3 Å². The van der Waals surface area contributed by atoms with Crippen molar-refractivity contribution in [1.82, 2.24) is 15.1 Å². The van der Waals surface area contributed by atoms with Crippen LogP contribution in [-0.2, 0) is 25.3 Å². The molecule has 2 amide bonds. The van der Waals surface area contributed by atoms with Crippen LogP contribution in [0.25, 0.3) is 0 Å². The van der Waals surface area contributed by atoms with Crippen LogP contribution in [0, 0.1) is 34.4 Å². The maximum atomic E-state index is 13.9. The average molecular weight is 671 g/mol. The molecule has 3 heterocycles. The van der Waals surface area contributed by atoms with E-state index in [9.17, 15) is 28.0 Å². The molecule has 0 spiro atoms. The van der Waals surface area contributed by atoms with Crippen molar-refractivity contribution in [3.63, 3.8) is 0 Å². The molecule has 0 radical (unpaired) electrons. The van der Waals surface area contributed by atoms with Crippen molar-refractivity contribution in [2.45, 2.75) is 108 Å². The molecule has 3 aliphatic carbocycles. The average Bonchev–Trinajstić information content (AvgIpc) is 3.59. The Bertz CT molecular complexity index is 1480. The van der Waals surface area contributed by atoms with Crippen molar-refractivity contribution in [2.24, 2.45) is 17.3 Å². The maximum Gasteiger partial charge on any atom is 0.482 e. The monoisotopic (exact) mass is 670 g/mol. The van der Waals surface area contributed by atoms with E-state index in [-0.39, 0.29) is 42.4 Å². The van der Waals surface area contributed by atoms with Crippen LogP contribution in [0.3, 0.4) is 0 Å². The first-order valence-electron chi connectivity index (χ1n) is 17.1. The molecule has 48 heavy (non-hydrogen) atoms. The molecule has 6 aliphatic rings. The summed E-state index contributed by atoms with van der Waals surface area (Å²) in [6.45, 7) is 10.3. The van der Waals surface area contributed by atoms with Gasteiger partial charge in [0.25, 0.3) is 11.8 Å². The van der Waals surface area contributed by atoms with Gasteiger partial charge in [-0.15, -0.1) is 0 Å². The highest BCUT2D eigenvalue weighted by Crippen LogP contribution is 2.65. The number of rotatable bonds is 8. The second-order valence-electron chi connectivity index (χ2n) is 15.7. The maximum absolute atomic E-state index is 13.9. The van der Waals surface area contributed by atoms with Crippen LogP contribution < -0.4 is 5.32 Å². The highest BCUT2D eigenvalue weighted by atomic mass is 19.3. The van der Waals surface area contributed by atoms with Crippen LogP contribution in [0.2, 0.25) is 0 Å². The number of hydrogen-bond acceptors (Lipinski definition) is 7. The lowest BCUT2D eigenvalue weighted by Gasteiger charge is -2.64. The molecule has 6 fully saturated rings. The number of carbonyl (C=O) groups excluding carboxylic acids is 2. The predicted molar refractivity (Wildman–Crippen MR) is 172 cm³/mol. The summed E-state index contributed by atoms with van der Waals surface area (Å²) in [7, 11) is -0.737. The van der Waals surface area contributed by atoms with Gasteiger partial charge in [-0.3, -0.25) is 9.69 Å². The zero-order chi connectivity index (χ0) is 34.6. The zero-order valence-corrected chi connectivity index (χ0v) is 28.4. The van der Waals surface area contributed by atoms with Crippen LogP contribution >= 0.6 is 0 Å². The topological polar surface area (TPSA) is 104 Å². The lowest BCUT2D eigenvalue weighted by atomic mass is 9.43. The van der Waals surface area contributed by atoms with Gasteiger partial charge in [0.15, 0.2) is 0 Å². The Labute approximate surface area is 281 Å². The number of alkyl carbamates (subject to hydrolysis) is 1. The van der Waals surface area contributed by atoms with Crippen molar-refractivity contribution < 1.29 is 36.8 Å². The standard InChI is InChI=1S/C35H46BF3N4O5/c1-32(2,43-14-12-35(38,39)21-43)18-23(19-40)30(44)42-13-6-7-26(20-42)46-31(45)41-29(15-22-8-10-25(37)11-9-22)36-47-28-17-24-16-27(33(24,3)4)34(28,5)48-36/h8-11,18,24,26-29H,6-7,12-17,20-21H2,1-5H3,(H,41,45)/t24-,26-,27-,28+,29?,34-/m0/s1. The number of alkyl halides is 2. The molecule has 3 saturated heterocycles. The van der Waals surface area contributed by atoms with Gasteiger partial charge in [0, 0.05) is 25.0 Å². The van der Waals surface area contributed by atoms with Gasteiger partial charge in [0.05, 0.1) is 30.7 Å². The molecule has 1 N–H and O–H groups in total. The molecule has 3 saturated carbocycles. The van der Waals surface area contributed by atoms with Gasteiger partial charge in [-0.05, 0) is 93.9 Å². The van der Waals surface area contributed by atoms with Gasteiger partial charge < -0.3 is 24.3 Å². The lowest BCUT2D eigenvalue weighted by molar-refractivity contribution is -0.199. The first kappa shape index (κ1) is 34.8. The van der Waals surface area contributed by atoms with E-state index in [4.69, 9.17) is 14.0 Å². The van der Waals surface area contributed by atoms with Gasteiger partial charge in [-0.2, -0.15) is 5.26 Å². The van der Waals surface area contributed by atoms with Crippen LogP contribution in [0.4, 0.5) is 18.0 Å². The molecule has 7 rings (SSSR count). The molecule has 1 aromatic rings. The first-order valence-corrected chi connectivity index (χ1v) is 17.1. The highest BCUT2D eigenvalue weighted by Gasteiger charge is 2.68. The minimum atomic E-state index is -2.80. The number of nitrogens with one attached hydrogen (secondary N) is 1. The molecule has 0 aromatic heterocycles. The molecule has 1 aromatic carbocycles. The van der Waals surface area contributed by atoms with Crippen LogP contribution in [-0.4, -0.2) is 90.3 Å². The summed E-state index contributed by atoms with van der Waals surface area (Å²) >= 11 is 0. The van der Waals surface area contributed by atoms with E-state index in [1.165, 1.54) is 23.1 Å². The Morgan fingerprint density at radius 1 is 1.21 bits per heavy atom. The molecule has 1 unspecified atom stereocenters. The first-order chi connectivity index (χ1) is 22.5. The Morgan fingerprint density at radius 3 is 2.58 bits per heavy atom. The normalized spacial score (nSPS) is 31.8. The number of carbonyl (C=O) groups is 2. The molecule has 9 nitrogen and oxygen atoms in total. The quantitative estimate of drug-likeness (QED) is 0.228. The van der Waals surface area contributed by atoms with Crippen molar-refractivity contribution >= 4 is 19.1 Å². The number of nitriles is 1. The lowest BCUT2D eigenvalue weighted by Crippen LogP contribution is -2.65. The second-order valence-corrected chi connectivity index (χ2v) is 15.7. The molecule has 2 bridgehead atoms. The summed E-state index contributed by atoms with van der Waals surface area (Å²) in [4.78, 5) is 29.9. The predicted octanol–water partition coefficient (Wildman–Crippen LogP) is 5.29. The molecule has 3 aliphatic heterocycles. The van der Waals surface area contributed by atoms with E-state index in [0.29, 0.717) is 37.6 Å². The summed E-state index contributed by atoms with van der Waals surface area (Å²) in [5.74, 6) is -3.42. The third-order valence-corrected chi connectivity index (χ3v) is 11.7. The van der Waals surface area contributed by atoms with E-state index >= 15 is 0 Å². The summed E-state index contributed by atoms with van der Waals surface area (Å²) in [5, 5.41) is 12.8. The number of nitrogens with zero attached hydrogens (tertiary/aromatic N) is 3. The highest BCUT2D eigenvalue weighted by molar-refractivity contribution is 6.47. The molecule has 6 atom stereocenters. The Balaban J connectivity index is 1.11. The van der Waals surface area contributed by atoms with Gasteiger partial charge in [0.2, 0.25) is 0 Å². The van der Waals surface area contributed by atoms with Gasteiger partial charge in [-0.1, -0.05) is 26.0 Å². The minimum Gasteiger partial charge on any atom is -0.444 e. The third kappa shape index (κ3) is 6.72. The van der Waals surface area contributed by atoms with Crippen molar-refractivity contribution in [1.29, 1.82) is 5.26 Å². The SMILES string of the molecule is CC1(C)[C@@H]2C[C@H]3OB(C(Cc4ccc(F)cc4)NC(=O)O[C@H]4CCCN(C(=O)C(C#N)=CC(C)(C)N5CCC(F)(F)C5)C4)O[C@@]3(C)[C@H]1C2. The van der Waals surface area contributed by atoms with Crippen LogP contribution in [0.1, 0.15) is 72.3 Å². The summed E-state index contributed by atoms with van der Waals surface area (Å²) in [5.41, 5.74) is -0.613. The Morgan fingerprint density at radius 2 is 1.94 bits per heavy atom.